The van der Waals surface area contributed by atoms with E-state index in [-0.39, 0.29) is 6.03 Å². The van der Waals surface area contributed by atoms with Crippen molar-refractivity contribution in [2.24, 2.45) is 5.92 Å². The van der Waals surface area contributed by atoms with Crippen LogP contribution in [0.3, 0.4) is 0 Å². The van der Waals surface area contributed by atoms with Crippen LogP contribution in [0.1, 0.15) is 32.6 Å². The van der Waals surface area contributed by atoms with Gasteiger partial charge in [-0.15, -0.1) is 0 Å². The minimum atomic E-state index is 0.146. The SMILES string of the molecule is CCN1CCN(C(=O)NCC2CCCC2)CC1. The Morgan fingerprint density at radius 1 is 1.18 bits per heavy atom. The Labute approximate surface area is 104 Å². The van der Waals surface area contributed by atoms with Gasteiger partial charge in [0.05, 0.1) is 0 Å². The fourth-order valence-electron chi connectivity index (χ4n) is 2.83. The summed E-state index contributed by atoms with van der Waals surface area (Å²) in [5.74, 6) is 0.732. The predicted octanol–water partition coefficient (Wildman–Crippen LogP) is 1.52. The van der Waals surface area contributed by atoms with E-state index in [4.69, 9.17) is 0 Å². The minimum absolute atomic E-state index is 0.146. The van der Waals surface area contributed by atoms with Gasteiger partial charge in [0.2, 0.25) is 0 Å². The zero-order valence-corrected chi connectivity index (χ0v) is 11.0. The summed E-state index contributed by atoms with van der Waals surface area (Å²) in [6.07, 6.45) is 5.28. The standard InChI is InChI=1S/C13H25N3O/c1-2-15-7-9-16(10-8-15)13(17)14-11-12-5-3-4-6-12/h12H,2-11H2,1H3,(H,14,17). The van der Waals surface area contributed by atoms with Gasteiger partial charge < -0.3 is 15.1 Å². The van der Waals surface area contributed by atoms with Crippen LogP contribution in [-0.2, 0) is 0 Å². The Morgan fingerprint density at radius 3 is 2.41 bits per heavy atom. The van der Waals surface area contributed by atoms with Crippen LogP contribution in [0.2, 0.25) is 0 Å². The van der Waals surface area contributed by atoms with Crippen LogP contribution in [0, 0.1) is 5.92 Å². The van der Waals surface area contributed by atoms with Crippen molar-refractivity contribution in [2.45, 2.75) is 32.6 Å². The van der Waals surface area contributed by atoms with Gasteiger partial charge >= 0.3 is 6.03 Å². The molecule has 4 heteroatoms. The van der Waals surface area contributed by atoms with Crippen molar-refractivity contribution < 1.29 is 4.79 Å². The highest BCUT2D eigenvalue weighted by molar-refractivity contribution is 5.74. The lowest BCUT2D eigenvalue weighted by Gasteiger charge is -2.34. The first kappa shape index (κ1) is 12.7. The topological polar surface area (TPSA) is 35.6 Å². The molecule has 0 bridgehead atoms. The van der Waals surface area contributed by atoms with Gasteiger partial charge in [-0.3, -0.25) is 0 Å². The summed E-state index contributed by atoms with van der Waals surface area (Å²) in [5.41, 5.74) is 0. The summed E-state index contributed by atoms with van der Waals surface area (Å²) in [6, 6.07) is 0.146. The lowest BCUT2D eigenvalue weighted by atomic mass is 10.1. The number of nitrogens with zero attached hydrogens (tertiary/aromatic N) is 2. The van der Waals surface area contributed by atoms with Crippen LogP contribution in [0.5, 0.6) is 0 Å². The van der Waals surface area contributed by atoms with Gasteiger partial charge in [0.15, 0.2) is 0 Å². The van der Waals surface area contributed by atoms with Gasteiger partial charge in [-0.25, -0.2) is 4.79 Å². The summed E-state index contributed by atoms with van der Waals surface area (Å²) in [6.45, 7) is 7.95. The fourth-order valence-corrected chi connectivity index (χ4v) is 2.83. The molecule has 0 spiro atoms. The summed E-state index contributed by atoms with van der Waals surface area (Å²) in [4.78, 5) is 16.3. The maximum atomic E-state index is 11.9. The molecular formula is C13H25N3O. The van der Waals surface area contributed by atoms with Crippen molar-refractivity contribution in [3.8, 4) is 0 Å². The van der Waals surface area contributed by atoms with Crippen LogP contribution in [0.15, 0.2) is 0 Å². The predicted molar refractivity (Wildman–Crippen MR) is 69.0 cm³/mol. The summed E-state index contributed by atoms with van der Waals surface area (Å²) >= 11 is 0. The average Bonchev–Trinajstić information content (AvgIpc) is 2.89. The van der Waals surface area contributed by atoms with Gasteiger partial charge in [-0.1, -0.05) is 19.8 Å². The second-order valence-corrected chi connectivity index (χ2v) is 5.26. The van der Waals surface area contributed by atoms with Gasteiger partial charge in [0.25, 0.3) is 0 Å². The van der Waals surface area contributed by atoms with E-state index in [1.54, 1.807) is 0 Å². The molecule has 2 rings (SSSR count). The number of hydrogen-bond donors (Lipinski definition) is 1. The van der Waals surface area contributed by atoms with Crippen molar-refractivity contribution in [1.82, 2.24) is 15.1 Å². The first-order valence-electron chi connectivity index (χ1n) is 7.04. The van der Waals surface area contributed by atoms with Crippen LogP contribution >= 0.6 is 0 Å². The smallest absolute Gasteiger partial charge is 0.317 e. The molecule has 1 aliphatic heterocycles. The third kappa shape index (κ3) is 3.60. The molecule has 0 aromatic carbocycles. The van der Waals surface area contributed by atoms with E-state index in [2.05, 4.69) is 17.1 Å². The second kappa shape index (κ2) is 6.24. The number of piperazine rings is 1. The first-order valence-corrected chi connectivity index (χ1v) is 7.04. The van der Waals surface area contributed by atoms with E-state index in [9.17, 15) is 4.79 Å². The zero-order valence-electron chi connectivity index (χ0n) is 11.0. The quantitative estimate of drug-likeness (QED) is 0.810. The van der Waals surface area contributed by atoms with Crippen molar-refractivity contribution in [3.05, 3.63) is 0 Å². The number of urea groups is 1. The molecule has 0 aromatic heterocycles. The van der Waals surface area contributed by atoms with Gasteiger partial charge in [-0.05, 0) is 25.3 Å². The zero-order chi connectivity index (χ0) is 12.1. The molecule has 0 unspecified atom stereocenters. The van der Waals surface area contributed by atoms with E-state index in [1.165, 1.54) is 25.7 Å². The molecule has 4 nitrogen and oxygen atoms in total. The van der Waals surface area contributed by atoms with E-state index in [1.807, 2.05) is 4.90 Å². The van der Waals surface area contributed by atoms with Crippen molar-refractivity contribution in [2.75, 3.05) is 39.3 Å². The number of carbonyl (C=O) groups is 1. The molecule has 2 aliphatic rings. The minimum Gasteiger partial charge on any atom is -0.338 e. The maximum absolute atomic E-state index is 11.9. The molecule has 1 saturated heterocycles. The molecule has 1 saturated carbocycles. The van der Waals surface area contributed by atoms with Crippen LogP contribution in [0.4, 0.5) is 4.79 Å². The lowest BCUT2D eigenvalue weighted by molar-refractivity contribution is 0.142. The Balaban J connectivity index is 1.66. The van der Waals surface area contributed by atoms with Crippen molar-refractivity contribution >= 4 is 6.03 Å². The van der Waals surface area contributed by atoms with Crippen LogP contribution < -0.4 is 5.32 Å². The van der Waals surface area contributed by atoms with E-state index < -0.39 is 0 Å². The Morgan fingerprint density at radius 2 is 1.82 bits per heavy atom. The monoisotopic (exact) mass is 239 g/mol. The normalized spacial score (nSPS) is 23.0. The molecule has 2 amide bonds. The molecule has 0 aromatic rings. The third-order valence-corrected chi connectivity index (χ3v) is 4.12. The molecule has 0 atom stereocenters. The molecule has 1 heterocycles. The highest BCUT2D eigenvalue weighted by Crippen LogP contribution is 2.23. The summed E-state index contributed by atoms with van der Waals surface area (Å²) in [5, 5.41) is 3.10. The molecule has 0 radical (unpaired) electrons. The number of carbonyl (C=O) groups excluding carboxylic acids is 1. The Bertz CT molecular complexity index is 243. The molecule has 2 fully saturated rings. The first-order chi connectivity index (χ1) is 8.29. The molecule has 98 valence electrons. The summed E-state index contributed by atoms with van der Waals surface area (Å²) in [7, 11) is 0. The van der Waals surface area contributed by atoms with Gasteiger partial charge in [0, 0.05) is 32.7 Å². The summed E-state index contributed by atoms with van der Waals surface area (Å²) < 4.78 is 0. The lowest BCUT2D eigenvalue weighted by Crippen LogP contribution is -2.52. The number of likely N-dealkylation sites (N-methyl/N-ethyl adjacent to an activating group) is 1. The highest BCUT2D eigenvalue weighted by atomic mass is 16.2. The molecular weight excluding hydrogens is 214 g/mol. The molecule has 1 N–H and O–H groups in total. The number of rotatable bonds is 3. The highest BCUT2D eigenvalue weighted by Gasteiger charge is 2.21. The second-order valence-electron chi connectivity index (χ2n) is 5.26. The van der Waals surface area contributed by atoms with Gasteiger partial charge in [-0.2, -0.15) is 0 Å². The van der Waals surface area contributed by atoms with E-state index in [0.717, 1.165) is 45.2 Å². The van der Waals surface area contributed by atoms with E-state index >= 15 is 0 Å². The number of nitrogens with one attached hydrogen (secondary N) is 1. The van der Waals surface area contributed by atoms with E-state index in [0.29, 0.717) is 0 Å². The number of amides is 2. The van der Waals surface area contributed by atoms with Crippen LogP contribution in [0.25, 0.3) is 0 Å². The Hall–Kier alpha value is -0.770. The fraction of sp³-hybridized carbons (Fsp3) is 0.923. The molecule has 17 heavy (non-hydrogen) atoms. The number of hydrogen-bond acceptors (Lipinski definition) is 2. The van der Waals surface area contributed by atoms with Crippen molar-refractivity contribution in [1.29, 1.82) is 0 Å². The largest absolute Gasteiger partial charge is 0.338 e. The molecule has 1 aliphatic carbocycles. The Kier molecular flexibility index (Phi) is 4.66. The maximum Gasteiger partial charge on any atom is 0.317 e. The third-order valence-electron chi connectivity index (χ3n) is 4.12. The van der Waals surface area contributed by atoms with Crippen molar-refractivity contribution in [3.63, 3.8) is 0 Å². The van der Waals surface area contributed by atoms with Crippen LogP contribution in [-0.4, -0.2) is 55.1 Å². The van der Waals surface area contributed by atoms with Gasteiger partial charge in [0.1, 0.15) is 0 Å². The average molecular weight is 239 g/mol.